The summed E-state index contributed by atoms with van der Waals surface area (Å²) in [6.45, 7) is 3.72. The Morgan fingerprint density at radius 3 is 3.05 bits per heavy atom. The summed E-state index contributed by atoms with van der Waals surface area (Å²) in [5, 5.41) is 8.71. The van der Waals surface area contributed by atoms with Gasteiger partial charge in [-0.1, -0.05) is 11.8 Å². The molecule has 0 radical (unpaired) electrons. The third kappa shape index (κ3) is 4.56. The molecule has 1 aromatic rings. The van der Waals surface area contributed by atoms with Crippen LogP contribution in [0.5, 0.6) is 5.75 Å². The Hall–Kier alpha value is -1.50. The van der Waals surface area contributed by atoms with E-state index < -0.39 is 0 Å². The molecule has 1 N–H and O–H groups in total. The second-order valence-electron chi connectivity index (χ2n) is 5.02. The molecule has 1 fully saturated rings. The third-order valence-corrected chi connectivity index (χ3v) is 3.39. The largest absolute Gasteiger partial charge is 0.493 e. The Balaban J connectivity index is 1.83. The van der Waals surface area contributed by atoms with Gasteiger partial charge >= 0.3 is 0 Å². The van der Waals surface area contributed by atoms with E-state index in [1.807, 2.05) is 25.1 Å². The molecule has 0 saturated carbocycles. The molecule has 20 heavy (non-hydrogen) atoms. The van der Waals surface area contributed by atoms with Crippen LogP contribution < -0.4 is 4.74 Å². The summed E-state index contributed by atoms with van der Waals surface area (Å²) in [5.74, 6) is 6.87. The van der Waals surface area contributed by atoms with Gasteiger partial charge < -0.3 is 14.6 Å². The van der Waals surface area contributed by atoms with Gasteiger partial charge in [0.15, 0.2) is 0 Å². The molecule has 1 heterocycles. The summed E-state index contributed by atoms with van der Waals surface area (Å²) in [6, 6.07) is 5.94. The molecule has 0 aliphatic carbocycles. The molecule has 0 bridgehead atoms. The minimum absolute atomic E-state index is 0.108. The highest BCUT2D eigenvalue weighted by Crippen LogP contribution is 2.19. The Labute approximate surface area is 120 Å². The van der Waals surface area contributed by atoms with Gasteiger partial charge in [0, 0.05) is 25.0 Å². The van der Waals surface area contributed by atoms with E-state index in [0.29, 0.717) is 19.1 Å². The maximum Gasteiger partial charge on any atom is 0.119 e. The topological polar surface area (TPSA) is 38.7 Å². The van der Waals surface area contributed by atoms with E-state index in [-0.39, 0.29) is 6.61 Å². The highest BCUT2D eigenvalue weighted by molar-refractivity contribution is 5.44. The third-order valence-electron chi connectivity index (χ3n) is 3.39. The van der Waals surface area contributed by atoms with Crippen molar-refractivity contribution in [3.05, 3.63) is 29.3 Å². The van der Waals surface area contributed by atoms with Crippen molar-refractivity contribution in [2.45, 2.75) is 38.7 Å². The predicted molar refractivity (Wildman–Crippen MR) is 78.8 cm³/mol. The van der Waals surface area contributed by atoms with Crippen LogP contribution in [0, 0.1) is 18.8 Å². The SMILES string of the molecule is Cc1cc(OCCC2CCCO2)ccc1C#CCCO. The second kappa shape index (κ2) is 7.94. The van der Waals surface area contributed by atoms with Crippen molar-refractivity contribution in [2.24, 2.45) is 0 Å². The first-order chi connectivity index (χ1) is 9.79. The van der Waals surface area contributed by atoms with E-state index in [0.717, 1.165) is 36.3 Å². The van der Waals surface area contributed by atoms with Crippen molar-refractivity contribution in [1.82, 2.24) is 0 Å². The summed E-state index contributed by atoms with van der Waals surface area (Å²) < 4.78 is 11.3. The molecule has 3 heteroatoms. The number of hydrogen-bond acceptors (Lipinski definition) is 3. The predicted octanol–water partition coefficient (Wildman–Crippen LogP) is 2.68. The summed E-state index contributed by atoms with van der Waals surface area (Å²) in [6.07, 6.45) is 4.17. The summed E-state index contributed by atoms with van der Waals surface area (Å²) >= 11 is 0. The molecule has 0 amide bonds. The van der Waals surface area contributed by atoms with E-state index in [4.69, 9.17) is 14.6 Å². The van der Waals surface area contributed by atoms with Gasteiger partial charge in [-0.2, -0.15) is 0 Å². The minimum atomic E-state index is 0.108. The van der Waals surface area contributed by atoms with E-state index in [9.17, 15) is 0 Å². The number of benzene rings is 1. The molecule has 108 valence electrons. The molecule has 2 rings (SSSR count). The number of ether oxygens (including phenoxy) is 2. The molecule has 1 aliphatic rings. The molecule has 3 nitrogen and oxygen atoms in total. The van der Waals surface area contributed by atoms with Gasteiger partial charge in [-0.05, 0) is 43.5 Å². The molecular weight excluding hydrogens is 252 g/mol. The lowest BCUT2D eigenvalue weighted by molar-refractivity contribution is 0.0903. The second-order valence-corrected chi connectivity index (χ2v) is 5.02. The normalized spacial score (nSPS) is 17.6. The van der Waals surface area contributed by atoms with E-state index >= 15 is 0 Å². The monoisotopic (exact) mass is 274 g/mol. The zero-order valence-corrected chi connectivity index (χ0v) is 12.0. The van der Waals surface area contributed by atoms with Crippen LogP contribution in [0.2, 0.25) is 0 Å². The smallest absolute Gasteiger partial charge is 0.119 e. The summed E-state index contributed by atoms with van der Waals surface area (Å²) in [7, 11) is 0. The van der Waals surface area contributed by atoms with Crippen molar-refractivity contribution in [1.29, 1.82) is 0 Å². The van der Waals surface area contributed by atoms with Crippen molar-refractivity contribution in [3.63, 3.8) is 0 Å². The minimum Gasteiger partial charge on any atom is -0.493 e. The summed E-state index contributed by atoms with van der Waals surface area (Å²) in [4.78, 5) is 0. The summed E-state index contributed by atoms with van der Waals surface area (Å²) in [5.41, 5.74) is 2.09. The van der Waals surface area contributed by atoms with Crippen LogP contribution in [0.4, 0.5) is 0 Å². The molecule has 0 aromatic heterocycles. The number of hydrogen-bond donors (Lipinski definition) is 1. The maximum atomic E-state index is 8.71. The van der Waals surface area contributed by atoms with Gasteiger partial charge in [0.25, 0.3) is 0 Å². The first-order valence-corrected chi connectivity index (χ1v) is 7.24. The van der Waals surface area contributed by atoms with Crippen LogP contribution in [-0.2, 0) is 4.74 Å². The van der Waals surface area contributed by atoms with Crippen molar-refractivity contribution < 1.29 is 14.6 Å². The van der Waals surface area contributed by atoms with Gasteiger partial charge in [-0.15, -0.1) is 0 Å². The fourth-order valence-corrected chi connectivity index (χ4v) is 2.26. The highest BCUT2D eigenvalue weighted by atomic mass is 16.5. The lowest BCUT2D eigenvalue weighted by atomic mass is 10.1. The lowest BCUT2D eigenvalue weighted by Gasteiger charge is -2.11. The van der Waals surface area contributed by atoms with Crippen LogP contribution in [0.3, 0.4) is 0 Å². The Morgan fingerprint density at radius 1 is 1.45 bits per heavy atom. The fraction of sp³-hybridized carbons (Fsp3) is 0.529. The van der Waals surface area contributed by atoms with Crippen LogP contribution in [0.1, 0.15) is 36.8 Å². The Kier molecular flexibility index (Phi) is 5.91. The molecule has 1 unspecified atom stereocenters. The quantitative estimate of drug-likeness (QED) is 0.839. The molecule has 1 aromatic carbocycles. The van der Waals surface area contributed by atoms with Crippen LogP contribution >= 0.6 is 0 Å². The van der Waals surface area contributed by atoms with Crippen LogP contribution in [0.25, 0.3) is 0 Å². The van der Waals surface area contributed by atoms with Gasteiger partial charge in [-0.3, -0.25) is 0 Å². The zero-order valence-electron chi connectivity index (χ0n) is 12.0. The average molecular weight is 274 g/mol. The highest BCUT2D eigenvalue weighted by Gasteiger charge is 2.15. The van der Waals surface area contributed by atoms with Crippen molar-refractivity contribution >= 4 is 0 Å². The molecule has 1 atom stereocenters. The number of aryl methyl sites for hydroxylation is 1. The molecule has 1 saturated heterocycles. The van der Waals surface area contributed by atoms with Gasteiger partial charge in [-0.25, -0.2) is 0 Å². The Morgan fingerprint density at radius 2 is 2.35 bits per heavy atom. The lowest BCUT2D eigenvalue weighted by Crippen LogP contribution is -2.10. The van der Waals surface area contributed by atoms with E-state index in [2.05, 4.69) is 11.8 Å². The molecule has 1 aliphatic heterocycles. The average Bonchev–Trinajstić information content (AvgIpc) is 2.95. The first-order valence-electron chi connectivity index (χ1n) is 7.24. The first kappa shape index (κ1) is 14.9. The number of aliphatic hydroxyl groups excluding tert-OH is 1. The van der Waals surface area contributed by atoms with E-state index in [1.165, 1.54) is 6.42 Å². The van der Waals surface area contributed by atoms with Crippen molar-refractivity contribution in [3.8, 4) is 17.6 Å². The standard InChI is InChI=1S/C17H22O3/c1-14-13-17(8-7-15(14)5-2-3-10-18)20-12-9-16-6-4-11-19-16/h7-8,13,16,18H,3-4,6,9-12H2,1H3. The Bertz CT molecular complexity index is 479. The van der Waals surface area contributed by atoms with Gasteiger partial charge in [0.05, 0.1) is 19.3 Å². The maximum absolute atomic E-state index is 8.71. The number of aliphatic hydroxyl groups is 1. The van der Waals surface area contributed by atoms with Crippen LogP contribution in [-0.4, -0.2) is 31.0 Å². The molecular formula is C17H22O3. The van der Waals surface area contributed by atoms with Crippen LogP contribution in [0.15, 0.2) is 18.2 Å². The van der Waals surface area contributed by atoms with E-state index in [1.54, 1.807) is 0 Å². The van der Waals surface area contributed by atoms with Gasteiger partial charge in [0.1, 0.15) is 5.75 Å². The van der Waals surface area contributed by atoms with Gasteiger partial charge in [0.2, 0.25) is 0 Å². The molecule has 0 spiro atoms. The fourth-order valence-electron chi connectivity index (χ4n) is 2.26. The zero-order chi connectivity index (χ0) is 14.2. The number of rotatable bonds is 5. The van der Waals surface area contributed by atoms with Crippen molar-refractivity contribution in [2.75, 3.05) is 19.8 Å².